The van der Waals surface area contributed by atoms with E-state index in [-0.39, 0.29) is 0 Å². The first-order valence-corrected chi connectivity index (χ1v) is 9.79. The maximum absolute atomic E-state index is 5.35. The van der Waals surface area contributed by atoms with Crippen LogP contribution in [0.1, 0.15) is 31.2 Å². The quantitative estimate of drug-likeness (QED) is 0.723. The smallest absolute Gasteiger partial charge is 0.224 e. The molecule has 7 heteroatoms. The molecule has 0 atom stereocenters. The maximum Gasteiger partial charge on any atom is 0.224 e. The van der Waals surface area contributed by atoms with Gasteiger partial charge in [-0.15, -0.1) is 0 Å². The van der Waals surface area contributed by atoms with Crippen molar-refractivity contribution >= 4 is 11.8 Å². The number of ether oxygens (including phenoxy) is 2. The predicted molar refractivity (Wildman–Crippen MR) is 112 cm³/mol. The van der Waals surface area contributed by atoms with E-state index in [2.05, 4.69) is 32.7 Å². The molecule has 2 N–H and O–H groups in total. The normalized spacial score (nSPS) is 19.1. The molecule has 1 heterocycles. The molecule has 0 spiro atoms. The van der Waals surface area contributed by atoms with E-state index in [1.165, 1.54) is 5.56 Å². The highest BCUT2D eigenvalue weighted by Crippen LogP contribution is 2.24. The first-order valence-electron chi connectivity index (χ1n) is 9.79. The van der Waals surface area contributed by atoms with Crippen molar-refractivity contribution in [2.45, 2.75) is 44.3 Å². The summed E-state index contributed by atoms with van der Waals surface area (Å²) in [6.07, 6.45) is 6.28. The van der Waals surface area contributed by atoms with Crippen molar-refractivity contribution in [1.29, 1.82) is 0 Å². The number of hydrogen-bond acceptors (Lipinski definition) is 7. The van der Waals surface area contributed by atoms with Gasteiger partial charge in [-0.05, 0) is 49.4 Å². The molecule has 1 aromatic heterocycles. The summed E-state index contributed by atoms with van der Waals surface area (Å²) in [5.41, 5.74) is 1.17. The average Bonchev–Trinajstić information content (AvgIpc) is 2.73. The Labute approximate surface area is 167 Å². The fourth-order valence-corrected chi connectivity index (χ4v) is 3.52. The minimum atomic E-state index is 0.423. The highest BCUT2D eigenvalue weighted by Gasteiger charge is 2.21. The van der Waals surface area contributed by atoms with Crippen LogP contribution in [0.25, 0.3) is 0 Å². The molecule has 0 bridgehead atoms. The molecular weight excluding hydrogens is 354 g/mol. The first kappa shape index (κ1) is 20.2. The number of aromatic nitrogens is 2. The van der Waals surface area contributed by atoms with Gasteiger partial charge in [0.1, 0.15) is 17.3 Å². The average molecular weight is 386 g/mol. The summed E-state index contributed by atoms with van der Waals surface area (Å²) in [6.45, 7) is 0.810. The lowest BCUT2D eigenvalue weighted by Crippen LogP contribution is -2.36. The zero-order valence-electron chi connectivity index (χ0n) is 17.2. The summed E-state index contributed by atoms with van der Waals surface area (Å²) < 4.78 is 10.7. The Hall–Kier alpha value is -2.54. The van der Waals surface area contributed by atoms with Gasteiger partial charge in [-0.2, -0.15) is 4.98 Å². The molecular formula is C21H31N5O2. The molecule has 0 amide bonds. The van der Waals surface area contributed by atoms with Crippen LogP contribution in [0, 0.1) is 0 Å². The van der Waals surface area contributed by atoms with Gasteiger partial charge in [0.15, 0.2) is 0 Å². The van der Waals surface area contributed by atoms with Crippen LogP contribution in [-0.2, 0) is 6.54 Å². The van der Waals surface area contributed by atoms with Crippen molar-refractivity contribution in [3.8, 4) is 11.5 Å². The topological polar surface area (TPSA) is 71.5 Å². The Balaban J connectivity index is 1.47. The van der Waals surface area contributed by atoms with E-state index in [1.54, 1.807) is 20.4 Å². The van der Waals surface area contributed by atoms with Crippen molar-refractivity contribution in [3.63, 3.8) is 0 Å². The van der Waals surface area contributed by atoms with Gasteiger partial charge in [0.25, 0.3) is 0 Å². The Morgan fingerprint density at radius 1 is 1.00 bits per heavy atom. The molecule has 0 aliphatic heterocycles. The zero-order valence-corrected chi connectivity index (χ0v) is 17.2. The second kappa shape index (κ2) is 9.59. The minimum Gasteiger partial charge on any atom is -0.497 e. The summed E-state index contributed by atoms with van der Waals surface area (Å²) in [5, 5.41) is 7.16. The lowest BCUT2D eigenvalue weighted by molar-refractivity contribution is 0.351. The molecule has 0 saturated heterocycles. The summed E-state index contributed by atoms with van der Waals surface area (Å²) in [6, 6.07) is 8.86. The summed E-state index contributed by atoms with van der Waals surface area (Å²) >= 11 is 0. The van der Waals surface area contributed by atoms with Gasteiger partial charge < -0.3 is 25.0 Å². The van der Waals surface area contributed by atoms with Crippen LogP contribution in [0.15, 0.2) is 30.5 Å². The number of anilines is 2. The number of benzene rings is 1. The minimum absolute atomic E-state index is 0.423. The molecule has 2 aromatic rings. The number of hydrogen-bond donors (Lipinski definition) is 2. The zero-order chi connectivity index (χ0) is 19.9. The van der Waals surface area contributed by atoms with Crippen LogP contribution in [0.2, 0.25) is 0 Å². The van der Waals surface area contributed by atoms with Crippen molar-refractivity contribution in [3.05, 3.63) is 36.0 Å². The number of rotatable bonds is 8. The van der Waals surface area contributed by atoms with Crippen LogP contribution in [0.5, 0.6) is 11.5 Å². The third-order valence-electron chi connectivity index (χ3n) is 5.17. The van der Waals surface area contributed by atoms with Crippen LogP contribution in [0.4, 0.5) is 11.8 Å². The van der Waals surface area contributed by atoms with Gasteiger partial charge in [-0.25, -0.2) is 4.98 Å². The third-order valence-corrected chi connectivity index (χ3v) is 5.17. The van der Waals surface area contributed by atoms with Crippen molar-refractivity contribution in [2.75, 3.05) is 38.5 Å². The van der Waals surface area contributed by atoms with E-state index in [4.69, 9.17) is 9.47 Å². The second-order valence-corrected chi connectivity index (χ2v) is 7.43. The second-order valence-electron chi connectivity index (χ2n) is 7.43. The van der Waals surface area contributed by atoms with E-state index < -0.39 is 0 Å². The summed E-state index contributed by atoms with van der Waals surface area (Å²) in [4.78, 5) is 10.9. The van der Waals surface area contributed by atoms with Gasteiger partial charge in [-0.3, -0.25) is 0 Å². The summed E-state index contributed by atoms with van der Waals surface area (Å²) in [5.74, 6) is 3.28. The molecule has 0 unspecified atom stereocenters. The summed E-state index contributed by atoms with van der Waals surface area (Å²) in [7, 11) is 7.33. The van der Waals surface area contributed by atoms with Crippen LogP contribution < -0.4 is 25.0 Å². The van der Waals surface area contributed by atoms with Gasteiger partial charge >= 0.3 is 0 Å². The van der Waals surface area contributed by atoms with E-state index in [1.807, 2.05) is 31.1 Å². The molecule has 7 nitrogen and oxygen atoms in total. The molecule has 1 aliphatic carbocycles. The molecule has 1 saturated carbocycles. The lowest BCUT2D eigenvalue weighted by Gasteiger charge is -2.30. The predicted octanol–water partition coefficient (Wildman–Crippen LogP) is 3.07. The number of nitrogens with one attached hydrogen (secondary N) is 2. The van der Waals surface area contributed by atoms with E-state index >= 15 is 0 Å². The van der Waals surface area contributed by atoms with Gasteiger partial charge in [-0.1, -0.05) is 0 Å². The molecule has 28 heavy (non-hydrogen) atoms. The van der Waals surface area contributed by atoms with Crippen molar-refractivity contribution in [2.24, 2.45) is 0 Å². The molecule has 1 aromatic carbocycles. The number of methoxy groups -OCH3 is 2. The third kappa shape index (κ3) is 5.48. The van der Waals surface area contributed by atoms with Crippen LogP contribution in [-0.4, -0.2) is 50.4 Å². The van der Waals surface area contributed by atoms with Gasteiger partial charge in [0, 0.05) is 45.0 Å². The SMILES string of the molecule is COc1cc(CN[C@H]2CC[C@@H](Nc3nccc(N(C)C)n3)CC2)cc(OC)c1. The largest absolute Gasteiger partial charge is 0.497 e. The van der Waals surface area contributed by atoms with Crippen LogP contribution >= 0.6 is 0 Å². The molecule has 1 fully saturated rings. The van der Waals surface area contributed by atoms with Gasteiger partial charge in [0.05, 0.1) is 14.2 Å². The van der Waals surface area contributed by atoms with Crippen molar-refractivity contribution in [1.82, 2.24) is 15.3 Å². The Morgan fingerprint density at radius 2 is 1.64 bits per heavy atom. The van der Waals surface area contributed by atoms with E-state index in [0.717, 1.165) is 49.5 Å². The molecule has 1 aliphatic rings. The Bertz CT molecular complexity index is 738. The highest BCUT2D eigenvalue weighted by atomic mass is 16.5. The van der Waals surface area contributed by atoms with Crippen molar-refractivity contribution < 1.29 is 9.47 Å². The van der Waals surface area contributed by atoms with E-state index in [0.29, 0.717) is 18.0 Å². The number of nitrogens with zero attached hydrogens (tertiary/aromatic N) is 3. The maximum atomic E-state index is 5.35. The van der Waals surface area contributed by atoms with E-state index in [9.17, 15) is 0 Å². The van der Waals surface area contributed by atoms with Gasteiger partial charge in [0.2, 0.25) is 5.95 Å². The standard InChI is InChI=1S/C21H31N5O2/c1-26(2)20-9-10-22-21(25-20)24-17-7-5-16(6-8-17)23-14-15-11-18(27-3)13-19(12-15)28-4/h9-13,16-17,23H,5-8,14H2,1-4H3,(H,22,24,25)/t16-,17+. The van der Waals surface area contributed by atoms with Crippen LogP contribution in [0.3, 0.4) is 0 Å². The fraction of sp³-hybridized carbons (Fsp3) is 0.524. The highest BCUT2D eigenvalue weighted by molar-refractivity contribution is 5.41. The fourth-order valence-electron chi connectivity index (χ4n) is 3.52. The molecule has 3 rings (SSSR count). The Kier molecular flexibility index (Phi) is 6.92. The monoisotopic (exact) mass is 385 g/mol. The lowest BCUT2D eigenvalue weighted by atomic mass is 9.91. The Morgan fingerprint density at radius 3 is 2.25 bits per heavy atom. The first-order chi connectivity index (χ1) is 13.6. The molecule has 0 radical (unpaired) electrons. The molecule has 152 valence electrons.